The Morgan fingerprint density at radius 3 is 2.24 bits per heavy atom. The van der Waals surface area contributed by atoms with Gasteiger partial charge in [-0.15, -0.1) is 11.8 Å². The molecule has 1 aliphatic carbocycles. The number of hydrogen-bond donors (Lipinski definition) is 3. The average Bonchev–Trinajstić information content (AvgIpc) is 2.81. The largest absolute Gasteiger partial charge is 0.392 e. The van der Waals surface area contributed by atoms with Crippen molar-refractivity contribution >= 4 is 11.8 Å². The van der Waals surface area contributed by atoms with Gasteiger partial charge in [-0.2, -0.15) is 0 Å². The SMILES string of the molecule is Cc1cc(C2(CCc3ccc(CO)c(CO)c3)CCCCC2)ccc1SCC(O)C(C)(C)C. The van der Waals surface area contributed by atoms with E-state index in [0.717, 1.165) is 24.0 Å². The van der Waals surface area contributed by atoms with Crippen LogP contribution in [0.5, 0.6) is 0 Å². The number of aryl methyl sites for hydroxylation is 2. The fraction of sp³-hybridized carbons (Fsp3) is 0.586. The first kappa shape index (κ1) is 26.3. The summed E-state index contributed by atoms with van der Waals surface area (Å²) in [6.07, 6.45) is 8.08. The molecule has 3 rings (SSSR count). The fourth-order valence-corrected chi connectivity index (χ4v) is 6.28. The molecule has 1 saturated carbocycles. The summed E-state index contributed by atoms with van der Waals surface area (Å²) in [7, 11) is 0. The molecule has 0 aliphatic heterocycles. The van der Waals surface area contributed by atoms with Gasteiger partial charge in [-0.1, -0.05) is 70.4 Å². The molecule has 0 heterocycles. The van der Waals surface area contributed by atoms with Gasteiger partial charge in [0.15, 0.2) is 0 Å². The van der Waals surface area contributed by atoms with Crippen LogP contribution >= 0.6 is 11.8 Å². The second-order valence-corrected chi connectivity index (χ2v) is 12.0. The Hall–Kier alpha value is -1.33. The monoisotopic (exact) mass is 470 g/mol. The summed E-state index contributed by atoms with van der Waals surface area (Å²) in [5.41, 5.74) is 5.75. The maximum absolute atomic E-state index is 10.4. The second-order valence-electron chi connectivity index (χ2n) is 10.9. The van der Waals surface area contributed by atoms with E-state index in [1.165, 1.54) is 53.7 Å². The summed E-state index contributed by atoms with van der Waals surface area (Å²) in [5.74, 6) is 0.714. The lowest BCUT2D eigenvalue weighted by Gasteiger charge is -2.39. The smallest absolute Gasteiger partial charge is 0.0685 e. The van der Waals surface area contributed by atoms with Crippen LogP contribution in [-0.4, -0.2) is 27.2 Å². The maximum atomic E-state index is 10.4. The van der Waals surface area contributed by atoms with E-state index in [1.54, 1.807) is 11.8 Å². The van der Waals surface area contributed by atoms with E-state index in [-0.39, 0.29) is 30.1 Å². The Labute approximate surface area is 204 Å². The molecule has 0 amide bonds. The second kappa shape index (κ2) is 11.4. The van der Waals surface area contributed by atoms with E-state index in [1.807, 2.05) is 6.07 Å². The standard InChI is InChI=1S/C29H42O3S/c1-21-16-25(10-11-26(21)33-20-27(32)28(2,3)4)29(13-6-5-7-14-29)15-12-22-8-9-23(18-30)24(17-22)19-31/h8-11,16-17,27,30-32H,5-7,12-15,18-20H2,1-4H3. The first-order valence-corrected chi connectivity index (χ1v) is 13.4. The van der Waals surface area contributed by atoms with E-state index in [2.05, 4.69) is 58.0 Å². The Balaban J connectivity index is 1.77. The maximum Gasteiger partial charge on any atom is 0.0685 e. The van der Waals surface area contributed by atoms with Gasteiger partial charge in [0.25, 0.3) is 0 Å². The van der Waals surface area contributed by atoms with Crippen molar-refractivity contribution in [2.24, 2.45) is 5.41 Å². The van der Waals surface area contributed by atoms with Crippen LogP contribution in [0.3, 0.4) is 0 Å². The molecule has 2 aromatic carbocycles. The molecule has 182 valence electrons. The fourth-order valence-electron chi connectivity index (χ4n) is 4.99. The first-order chi connectivity index (χ1) is 15.7. The minimum atomic E-state index is -0.327. The van der Waals surface area contributed by atoms with Crippen molar-refractivity contribution in [3.8, 4) is 0 Å². The Morgan fingerprint density at radius 1 is 0.939 bits per heavy atom. The van der Waals surface area contributed by atoms with Crippen LogP contribution in [0.1, 0.15) is 87.1 Å². The number of rotatable bonds is 9. The Morgan fingerprint density at radius 2 is 1.64 bits per heavy atom. The highest BCUT2D eigenvalue weighted by molar-refractivity contribution is 7.99. The highest BCUT2D eigenvalue weighted by atomic mass is 32.2. The summed E-state index contributed by atoms with van der Waals surface area (Å²) in [4.78, 5) is 1.26. The summed E-state index contributed by atoms with van der Waals surface area (Å²) in [6, 6.07) is 13.1. The number of benzene rings is 2. The molecule has 0 bridgehead atoms. The summed E-state index contributed by atoms with van der Waals surface area (Å²) in [5, 5.41) is 29.6. The van der Waals surface area contributed by atoms with Gasteiger partial charge >= 0.3 is 0 Å². The topological polar surface area (TPSA) is 60.7 Å². The highest BCUT2D eigenvalue weighted by Gasteiger charge is 2.34. The summed E-state index contributed by atoms with van der Waals surface area (Å²) in [6.45, 7) is 8.40. The van der Waals surface area contributed by atoms with Crippen molar-refractivity contribution < 1.29 is 15.3 Å². The molecule has 3 N–H and O–H groups in total. The van der Waals surface area contributed by atoms with E-state index >= 15 is 0 Å². The number of aliphatic hydroxyl groups excluding tert-OH is 3. The lowest BCUT2D eigenvalue weighted by atomic mass is 9.66. The normalized spacial score (nSPS) is 17.2. The van der Waals surface area contributed by atoms with E-state index < -0.39 is 0 Å². The molecule has 0 spiro atoms. The van der Waals surface area contributed by atoms with Crippen LogP contribution in [0.25, 0.3) is 0 Å². The molecule has 1 unspecified atom stereocenters. The van der Waals surface area contributed by atoms with Gasteiger partial charge in [-0.05, 0) is 77.3 Å². The van der Waals surface area contributed by atoms with Crippen LogP contribution in [0, 0.1) is 12.3 Å². The van der Waals surface area contributed by atoms with Crippen molar-refractivity contribution in [2.45, 2.75) is 102 Å². The minimum Gasteiger partial charge on any atom is -0.392 e. The van der Waals surface area contributed by atoms with Gasteiger partial charge in [0.2, 0.25) is 0 Å². The van der Waals surface area contributed by atoms with E-state index in [4.69, 9.17) is 0 Å². The van der Waals surface area contributed by atoms with Crippen LogP contribution in [0.4, 0.5) is 0 Å². The predicted molar refractivity (Wildman–Crippen MR) is 139 cm³/mol. The van der Waals surface area contributed by atoms with Gasteiger partial charge < -0.3 is 15.3 Å². The van der Waals surface area contributed by atoms with Crippen LogP contribution in [-0.2, 0) is 25.0 Å². The number of hydrogen-bond acceptors (Lipinski definition) is 4. The molecule has 33 heavy (non-hydrogen) atoms. The molecule has 0 saturated heterocycles. The third-order valence-electron chi connectivity index (χ3n) is 7.50. The molecule has 4 heteroatoms. The number of thioether (sulfide) groups is 1. The van der Waals surface area contributed by atoms with Crippen LogP contribution < -0.4 is 0 Å². The molecular formula is C29H42O3S. The van der Waals surface area contributed by atoms with E-state index in [9.17, 15) is 15.3 Å². The molecule has 0 aromatic heterocycles. The molecule has 1 atom stereocenters. The zero-order valence-electron chi connectivity index (χ0n) is 20.9. The van der Waals surface area contributed by atoms with Gasteiger partial charge in [-0.25, -0.2) is 0 Å². The zero-order chi connectivity index (χ0) is 24.1. The van der Waals surface area contributed by atoms with Crippen molar-refractivity contribution in [1.29, 1.82) is 0 Å². The zero-order valence-corrected chi connectivity index (χ0v) is 21.7. The molecule has 1 aliphatic rings. The third kappa shape index (κ3) is 6.63. The van der Waals surface area contributed by atoms with Crippen LogP contribution in [0.15, 0.2) is 41.3 Å². The first-order valence-electron chi connectivity index (χ1n) is 12.4. The average molecular weight is 471 g/mol. The van der Waals surface area contributed by atoms with E-state index in [0.29, 0.717) is 5.75 Å². The number of aliphatic hydroxyl groups is 3. The Kier molecular flexibility index (Phi) is 9.08. The molecule has 2 aromatic rings. The molecule has 3 nitrogen and oxygen atoms in total. The Bertz CT molecular complexity index is 910. The van der Waals surface area contributed by atoms with Crippen molar-refractivity contribution in [3.63, 3.8) is 0 Å². The predicted octanol–water partition coefficient (Wildman–Crippen LogP) is 6.31. The van der Waals surface area contributed by atoms with Gasteiger partial charge in [0.1, 0.15) is 0 Å². The van der Waals surface area contributed by atoms with Gasteiger partial charge in [0.05, 0.1) is 19.3 Å². The van der Waals surface area contributed by atoms with Crippen molar-refractivity contribution in [3.05, 3.63) is 64.2 Å². The highest BCUT2D eigenvalue weighted by Crippen LogP contribution is 2.44. The summed E-state index contributed by atoms with van der Waals surface area (Å²) >= 11 is 1.76. The lowest BCUT2D eigenvalue weighted by molar-refractivity contribution is 0.0843. The molecule has 0 radical (unpaired) electrons. The van der Waals surface area contributed by atoms with Crippen molar-refractivity contribution in [1.82, 2.24) is 0 Å². The molecular weight excluding hydrogens is 428 g/mol. The minimum absolute atomic E-state index is 0.0306. The lowest BCUT2D eigenvalue weighted by Crippen LogP contribution is -2.30. The quantitative estimate of drug-likeness (QED) is 0.376. The van der Waals surface area contributed by atoms with Crippen molar-refractivity contribution in [2.75, 3.05) is 5.75 Å². The summed E-state index contributed by atoms with van der Waals surface area (Å²) < 4.78 is 0. The van der Waals surface area contributed by atoms with Crippen LogP contribution in [0.2, 0.25) is 0 Å². The van der Waals surface area contributed by atoms with Gasteiger partial charge in [-0.3, -0.25) is 0 Å². The molecule has 1 fully saturated rings. The van der Waals surface area contributed by atoms with Gasteiger partial charge in [0, 0.05) is 10.6 Å². The third-order valence-corrected chi connectivity index (χ3v) is 8.75.